The molecule has 1 aromatic heterocycles. The van der Waals surface area contributed by atoms with Gasteiger partial charge in [0.2, 0.25) is 0 Å². The number of carbonyl (C=O) groups excluding carboxylic acids is 2. The maximum absolute atomic E-state index is 12.3. The van der Waals surface area contributed by atoms with Crippen LogP contribution in [0.5, 0.6) is 5.75 Å². The van der Waals surface area contributed by atoms with Crippen molar-refractivity contribution in [2.24, 2.45) is 0 Å². The minimum atomic E-state index is -0.206. The standard InChI is InChI=1S/C21H20N2O3S/c24-20(22-14-19-10-5-11-27-19)15-26-18-9-4-8-17(12-18)21(25)23-13-16-6-2-1-3-7-16/h1-12H,13-15H2,(H,22,24)(H,23,25). The van der Waals surface area contributed by atoms with E-state index in [1.54, 1.807) is 35.6 Å². The van der Waals surface area contributed by atoms with Crippen molar-refractivity contribution < 1.29 is 14.3 Å². The lowest BCUT2D eigenvalue weighted by atomic mass is 10.2. The molecule has 0 aliphatic carbocycles. The number of amides is 2. The van der Waals surface area contributed by atoms with Crippen LogP contribution in [0.15, 0.2) is 72.1 Å². The van der Waals surface area contributed by atoms with Crippen LogP contribution in [0.25, 0.3) is 0 Å². The molecule has 0 radical (unpaired) electrons. The Morgan fingerprint density at radius 2 is 1.74 bits per heavy atom. The molecule has 3 rings (SSSR count). The smallest absolute Gasteiger partial charge is 0.258 e. The number of nitrogens with one attached hydrogen (secondary N) is 2. The largest absolute Gasteiger partial charge is 0.484 e. The van der Waals surface area contributed by atoms with Crippen LogP contribution < -0.4 is 15.4 Å². The van der Waals surface area contributed by atoms with Crippen molar-refractivity contribution in [2.75, 3.05) is 6.61 Å². The van der Waals surface area contributed by atoms with Crippen LogP contribution in [0.2, 0.25) is 0 Å². The molecule has 0 saturated carbocycles. The molecule has 0 fully saturated rings. The third-order valence-corrected chi connectivity index (χ3v) is 4.68. The second kappa shape index (κ2) is 9.54. The topological polar surface area (TPSA) is 67.4 Å². The van der Waals surface area contributed by atoms with Gasteiger partial charge < -0.3 is 15.4 Å². The highest BCUT2D eigenvalue weighted by atomic mass is 32.1. The summed E-state index contributed by atoms with van der Waals surface area (Å²) in [4.78, 5) is 25.3. The highest BCUT2D eigenvalue weighted by molar-refractivity contribution is 7.09. The van der Waals surface area contributed by atoms with E-state index in [9.17, 15) is 9.59 Å². The van der Waals surface area contributed by atoms with Crippen LogP contribution in [0.1, 0.15) is 20.8 Å². The lowest BCUT2D eigenvalue weighted by Gasteiger charge is -2.09. The van der Waals surface area contributed by atoms with Gasteiger partial charge in [-0.05, 0) is 35.2 Å². The Bertz CT molecular complexity index is 879. The number of carbonyl (C=O) groups is 2. The minimum absolute atomic E-state index is 0.0968. The van der Waals surface area contributed by atoms with E-state index in [0.29, 0.717) is 24.4 Å². The van der Waals surface area contributed by atoms with Gasteiger partial charge in [-0.1, -0.05) is 42.5 Å². The molecule has 27 heavy (non-hydrogen) atoms. The summed E-state index contributed by atoms with van der Waals surface area (Å²) in [5, 5.41) is 7.63. The zero-order chi connectivity index (χ0) is 18.9. The number of hydrogen-bond donors (Lipinski definition) is 2. The van der Waals surface area contributed by atoms with Crippen LogP contribution >= 0.6 is 11.3 Å². The van der Waals surface area contributed by atoms with Crippen LogP contribution in [-0.2, 0) is 17.9 Å². The molecule has 2 N–H and O–H groups in total. The van der Waals surface area contributed by atoms with Gasteiger partial charge in [0.1, 0.15) is 5.75 Å². The lowest BCUT2D eigenvalue weighted by molar-refractivity contribution is -0.123. The van der Waals surface area contributed by atoms with Gasteiger partial charge in [0, 0.05) is 17.0 Å². The Balaban J connectivity index is 1.47. The summed E-state index contributed by atoms with van der Waals surface area (Å²) in [7, 11) is 0. The van der Waals surface area contributed by atoms with Gasteiger partial charge in [0.05, 0.1) is 6.54 Å². The normalized spacial score (nSPS) is 10.2. The van der Waals surface area contributed by atoms with Crippen molar-refractivity contribution in [3.63, 3.8) is 0 Å². The van der Waals surface area contributed by atoms with Crippen molar-refractivity contribution >= 4 is 23.2 Å². The Kier molecular flexibility index (Phi) is 6.60. The predicted molar refractivity (Wildman–Crippen MR) is 106 cm³/mol. The van der Waals surface area contributed by atoms with Gasteiger partial charge >= 0.3 is 0 Å². The molecule has 0 atom stereocenters. The molecule has 3 aromatic rings. The molecule has 5 nitrogen and oxygen atoms in total. The van der Waals surface area contributed by atoms with Crippen molar-refractivity contribution in [3.8, 4) is 5.75 Å². The highest BCUT2D eigenvalue weighted by Crippen LogP contribution is 2.14. The van der Waals surface area contributed by atoms with E-state index in [1.807, 2.05) is 47.8 Å². The number of hydrogen-bond acceptors (Lipinski definition) is 4. The van der Waals surface area contributed by atoms with E-state index in [1.165, 1.54) is 0 Å². The van der Waals surface area contributed by atoms with Crippen LogP contribution in [0, 0.1) is 0 Å². The fourth-order valence-electron chi connectivity index (χ4n) is 2.41. The van der Waals surface area contributed by atoms with Crippen molar-refractivity contribution in [3.05, 3.63) is 88.1 Å². The van der Waals surface area contributed by atoms with Crippen molar-refractivity contribution in [1.29, 1.82) is 0 Å². The fourth-order valence-corrected chi connectivity index (χ4v) is 3.05. The average Bonchev–Trinajstić information content (AvgIpc) is 3.23. The number of ether oxygens (including phenoxy) is 1. The van der Waals surface area contributed by atoms with Gasteiger partial charge in [-0.3, -0.25) is 9.59 Å². The molecule has 6 heteroatoms. The molecule has 1 heterocycles. The zero-order valence-corrected chi connectivity index (χ0v) is 15.5. The third-order valence-electron chi connectivity index (χ3n) is 3.80. The monoisotopic (exact) mass is 380 g/mol. The SMILES string of the molecule is O=C(COc1cccc(C(=O)NCc2ccccc2)c1)NCc1cccs1. The van der Waals surface area contributed by atoms with Crippen LogP contribution in [0.4, 0.5) is 0 Å². The number of thiophene rings is 1. The predicted octanol–water partition coefficient (Wildman–Crippen LogP) is 3.37. The summed E-state index contributed by atoms with van der Waals surface area (Å²) in [6.07, 6.45) is 0. The summed E-state index contributed by atoms with van der Waals surface area (Å²) in [5.41, 5.74) is 1.52. The lowest BCUT2D eigenvalue weighted by Crippen LogP contribution is -2.28. The van der Waals surface area contributed by atoms with Gasteiger partial charge in [-0.15, -0.1) is 11.3 Å². The molecule has 138 valence electrons. The summed E-state index contributed by atoms with van der Waals surface area (Å²) in [6.45, 7) is 0.845. The second-order valence-electron chi connectivity index (χ2n) is 5.84. The molecule has 2 amide bonds. The van der Waals surface area contributed by atoms with Crippen LogP contribution in [-0.4, -0.2) is 18.4 Å². The Labute approximate surface area is 162 Å². The maximum atomic E-state index is 12.3. The zero-order valence-electron chi connectivity index (χ0n) is 14.7. The van der Waals surface area contributed by atoms with Gasteiger partial charge in [0.25, 0.3) is 11.8 Å². The molecule has 0 unspecified atom stereocenters. The van der Waals surface area contributed by atoms with E-state index in [-0.39, 0.29) is 18.4 Å². The average molecular weight is 380 g/mol. The molecular weight excluding hydrogens is 360 g/mol. The first-order chi connectivity index (χ1) is 13.2. The number of benzene rings is 2. The first-order valence-electron chi connectivity index (χ1n) is 8.55. The molecular formula is C21H20N2O3S. The van der Waals surface area contributed by atoms with E-state index in [4.69, 9.17) is 4.74 Å². The molecule has 0 aliphatic rings. The Morgan fingerprint density at radius 3 is 2.52 bits per heavy atom. The van der Waals surface area contributed by atoms with Gasteiger partial charge in [-0.25, -0.2) is 0 Å². The van der Waals surface area contributed by atoms with E-state index >= 15 is 0 Å². The first kappa shape index (κ1) is 18.7. The third kappa shape index (κ3) is 5.97. The number of rotatable bonds is 8. The molecule has 2 aromatic carbocycles. The van der Waals surface area contributed by atoms with Crippen molar-refractivity contribution in [1.82, 2.24) is 10.6 Å². The Morgan fingerprint density at radius 1 is 0.889 bits per heavy atom. The van der Waals surface area contributed by atoms with E-state index in [2.05, 4.69) is 10.6 Å². The molecule has 0 saturated heterocycles. The quantitative estimate of drug-likeness (QED) is 0.630. The van der Waals surface area contributed by atoms with E-state index in [0.717, 1.165) is 10.4 Å². The molecule has 0 spiro atoms. The highest BCUT2D eigenvalue weighted by Gasteiger charge is 2.08. The van der Waals surface area contributed by atoms with Crippen molar-refractivity contribution in [2.45, 2.75) is 13.1 Å². The first-order valence-corrected chi connectivity index (χ1v) is 9.43. The van der Waals surface area contributed by atoms with E-state index < -0.39 is 0 Å². The van der Waals surface area contributed by atoms with Gasteiger partial charge in [0.15, 0.2) is 6.61 Å². The Hall–Kier alpha value is -3.12. The molecule has 0 aliphatic heterocycles. The summed E-state index contributed by atoms with van der Waals surface area (Å²) >= 11 is 1.59. The second-order valence-corrected chi connectivity index (χ2v) is 6.87. The summed E-state index contributed by atoms with van der Waals surface area (Å²) in [6, 6.07) is 20.4. The minimum Gasteiger partial charge on any atom is -0.484 e. The summed E-state index contributed by atoms with van der Waals surface area (Å²) in [5.74, 6) is 0.0856. The fraction of sp³-hybridized carbons (Fsp3) is 0.143. The van der Waals surface area contributed by atoms with Crippen LogP contribution in [0.3, 0.4) is 0 Å². The van der Waals surface area contributed by atoms with Gasteiger partial charge in [-0.2, -0.15) is 0 Å². The molecule has 0 bridgehead atoms. The maximum Gasteiger partial charge on any atom is 0.258 e. The summed E-state index contributed by atoms with van der Waals surface area (Å²) < 4.78 is 5.50.